The Morgan fingerprint density at radius 1 is 1.19 bits per heavy atom. The highest BCUT2D eigenvalue weighted by Crippen LogP contribution is 2.37. The standard InChI is InChI=1S/C22H24N2O7S/c1-14-11-16(7-8-17(14)24-10-4-5-20(24)25)23-32(28,29)19-13-15(6-9-21(26)27)12-18(30-2)22(19)31-3/h6-9,11-13,23H,4-5,10H2,1-3H3,(H,26,27)/b9-6+. The molecule has 1 fully saturated rings. The lowest BCUT2D eigenvalue weighted by Gasteiger charge is -2.20. The van der Waals surface area contributed by atoms with E-state index >= 15 is 0 Å². The Morgan fingerprint density at radius 2 is 1.94 bits per heavy atom. The number of carbonyl (C=O) groups excluding carboxylic acids is 1. The van der Waals surface area contributed by atoms with E-state index in [2.05, 4.69) is 4.72 Å². The van der Waals surface area contributed by atoms with Crippen LogP contribution in [0.2, 0.25) is 0 Å². The fourth-order valence-corrected chi connectivity index (χ4v) is 4.81. The molecule has 1 aliphatic rings. The van der Waals surface area contributed by atoms with Crippen molar-refractivity contribution >= 4 is 39.4 Å². The number of nitrogens with one attached hydrogen (secondary N) is 1. The summed E-state index contributed by atoms with van der Waals surface area (Å²) >= 11 is 0. The second kappa shape index (κ2) is 9.31. The minimum Gasteiger partial charge on any atom is -0.493 e. The van der Waals surface area contributed by atoms with Crippen LogP contribution in [0.4, 0.5) is 11.4 Å². The molecular formula is C22H24N2O7S. The molecule has 170 valence electrons. The monoisotopic (exact) mass is 460 g/mol. The Morgan fingerprint density at radius 3 is 2.50 bits per heavy atom. The van der Waals surface area contributed by atoms with Crippen LogP contribution in [-0.2, 0) is 19.6 Å². The van der Waals surface area contributed by atoms with Gasteiger partial charge in [-0.15, -0.1) is 0 Å². The van der Waals surface area contributed by atoms with Gasteiger partial charge in [0.25, 0.3) is 10.0 Å². The van der Waals surface area contributed by atoms with E-state index in [1.807, 2.05) is 0 Å². The van der Waals surface area contributed by atoms with Crippen molar-refractivity contribution in [2.45, 2.75) is 24.7 Å². The number of aryl methyl sites for hydroxylation is 1. The number of carbonyl (C=O) groups is 2. The van der Waals surface area contributed by atoms with E-state index in [4.69, 9.17) is 14.6 Å². The number of methoxy groups -OCH3 is 2. The molecule has 0 radical (unpaired) electrons. The van der Waals surface area contributed by atoms with Crippen LogP contribution in [0.15, 0.2) is 41.3 Å². The molecule has 0 atom stereocenters. The van der Waals surface area contributed by atoms with Crippen molar-refractivity contribution in [3.63, 3.8) is 0 Å². The van der Waals surface area contributed by atoms with Crippen LogP contribution in [0.25, 0.3) is 6.08 Å². The van der Waals surface area contributed by atoms with Crippen LogP contribution >= 0.6 is 0 Å². The lowest BCUT2D eigenvalue weighted by atomic mass is 10.1. The molecule has 10 heteroatoms. The molecule has 0 unspecified atom stereocenters. The zero-order valence-corrected chi connectivity index (χ0v) is 18.7. The number of anilines is 2. The van der Waals surface area contributed by atoms with Gasteiger partial charge in [0.2, 0.25) is 5.91 Å². The number of hydrogen-bond acceptors (Lipinski definition) is 6. The van der Waals surface area contributed by atoms with Crippen molar-refractivity contribution in [1.29, 1.82) is 0 Å². The second-order valence-corrected chi connectivity index (χ2v) is 8.83. The largest absolute Gasteiger partial charge is 0.493 e. The fourth-order valence-electron chi connectivity index (χ4n) is 3.55. The first kappa shape index (κ1) is 23.1. The van der Waals surface area contributed by atoms with Gasteiger partial charge in [-0.1, -0.05) is 0 Å². The minimum atomic E-state index is -4.13. The van der Waals surface area contributed by atoms with Gasteiger partial charge in [-0.05, 0) is 60.9 Å². The highest BCUT2D eigenvalue weighted by molar-refractivity contribution is 7.92. The molecule has 1 aliphatic heterocycles. The number of carboxylic acid groups (broad SMARTS) is 1. The molecule has 9 nitrogen and oxygen atoms in total. The number of carboxylic acids is 1. The van der Waals surface area contributed by atoms with Crippen molar-refractivity contribution < 1.29 is 32.6 Å². The zero-order valence-electron chi connectivity index (χ0n) is 17.9. The lowest BCUT2D eigenvalue weighted by molar-refractivity contribution is -0.131. The molecule has 1 heterocycles. The summed E-state index contributed by atoms with van der Waals surface area (Å²) in [6.45, 7) is 2.44. The number of rotatable bonds is 8. The smallest absolute Gasteiger partial charge is 0.328 e. The average molecular weight is 461 g/mol. The Hall–Kier alpha value is -3.53. The fraction of sp³-hybridized carbons (Fsp3) is 0.273. The third-order valence-corrected chi connectivity index (χ3v) is 6.37. The highest BCUT2D eigenvalue weighted by Gasteiger charge is 2.26. The molecule has 3 rings (SSSR count). The summed E-state index contributed by atoms with van der Waals surface area (Å²) in [7, 11) is -1.46. The van der Waals surface area contributed by atoms with Gasteiger partial charge in [0, 0.05) is 30.4 Å². The van der Waals surface area contributed by atoms with E-state index in [0.717, 1.165) is 23.7 Å². The number of ether oxygens (including phenoxy) is 2. The average Bonchev–Trinajstić information content (AvgIpc) is 3.16. The van der Waals surface area contributed by atoms with Gasteiger partial charge in [0.05, 0.1) is 14.2 Å². The zero-order chi connectivity index (χ0) is 23.5. The highest BCUT2D eigenvalue weighted by atomic mass is 32.2. The summed E-state index contributed by atoms with van der Waals surface area (Å²) in [5.41, 5.74) is 2.12. The third-order valence-electron chi connectivity index (χ3n) is 4.99. The van der Waals surface area contributed by atoms with E-state index in [9.17, 15) is 18.0 Å². The Kier molecular flexibility index (Phi) is 6.73. The van der Waals surface area contributed by atoms with Gasteiger partial charge in [-0.3, -0.25) is 9.52 Å². The molecule has 0 spiro atoms. The summed E-state index contributed by atoms with van der Waals surface area (Å²) in [4.78, 5) is 24.4. The second-order valence-electron chi connectivity index (χ2n) is 7.18. The molecule has 0 aliphatic carbocycles. The van der Waals surface area contributed by atoms with Gasteiger partial charge < -0.3 is 19.5 Å². The predicted molar refractivity (Wildman–Crippen MR) is 120 cm³/mol. The van der Waals surface area contributed by atoms with Crippen molar-refractivity contribution in [3.05, 3.63) is 47.5 Å². The molecular weight excluding hydrogens is 436 g/mol. The summed E-state index contributed by atoms with van der Waals surface area (Å²) < 4.78 is 39.4. The Labute approximate surface area is 186 Å². The molecule has 0 bridgehead atoms. The quantitative estimate of drug-likeness (QED) is 0.581. The lowest BCUT2D eigenvalue weighted by Crippen LogP contribution is -2.24. The normalized spacial score (nSPS) is 14.1. The van der Waals surface area contributed by atoms with Gasteiger partial charge in [-0.25, -0.2) is 13.2 Å². The van der Waals surface area contributed by atoms with E-state index in [-0.39, 0.29) is 22.3 Å². The van der Waals surface area contributed by atoms with E-state index in [1.165, 1.54) is 32.4 Å². The maximum absolute atomic E-state index is 13.2. The summed E-state index contributed by atoms with van der Waals surface area (Å²) in [6, 6.07) is 7.72. The van der Waals surface area contributed by atoms with Crippen LogP contribution in [0, 0.1) is 6.92 Å². The van der Waals surface area contributed by atoms with Crippen LogP contribution < -0.4 is 19.1 Å². The first-order chi connectivity index (χ1) is 15.2. The van der Waals surface area contributed by atoms with Crippen molar-refractivity contribution in [3.8, 4) is 11.5 Å². The van der Waals surface area contributed by atoms with E-state index in [0.29, 0.717) is 24.2 Å². The molecule has 32 heavy (non-hydrogen) atoms. The maximum Gasteiger partial charge on any atom is 0.328 e. The van der Waals surface area contributed by atoms with Crippen LogP contribution in [0.1, 0.15) is 24.0 Å². The van der Waals surface area contributed by atoms with Crippen LogP contribution in [-0.4, -0.2) is 46.2 Å². The molecule has 1 amide bonds. The Balaban J connectivity index is 1.98. The van der Waals surface area contributed by atoms with Gasteiger partial charge in [-0.2, -0.15) is 0 Å². The molecule has 2 aromatic carbocycles. The van der Waals surface area contributed by atoms with Gasteiger partial charge in [0.15, 0.2) is 11.5 Å². The molecule has 2 N–H and O–H groups in total. The van der Waals surface area contributed by atoms with Crippen LogP contribution in [0.3, 0.4) is 0 Å². The Bertz CT molecular complexity index is 1190. The number of hydrogen-bond donors (Lipinski definition) is 2. The van der Waals surface area contributed by atoms with E-state index in [1.54, 1.807) is 30.0 Å². The predicted octanol–water partition coefficient (Wildman–Crippen LogP) is 3.04. The number of aliphatic carboxylic acids is 1. The SMILES string of the molecule is COc1cc(/C=C/C(=O)O)cc(S(=O)(=O)Nc2ccc(N3CCCC3=O)c(C)c2)c1OC. The number of benzene rings is 2. The summed E-state index contributed by atoms with van der Waals surface area (Å²) in [5, 5.41) is 8.87. The third kappa shape index (κ3) is 4.86. The van der Waals surface area contributed by atoms with Gasteiger partial charge in [0.1, 0.15) is 4.90 Å². The summed E-state index contributed by atoms with van der Waals surface area (Å²) in [6.07, 6.45) is 3.45. The molecule has 0 saturated carbocycles. The molecule has 1 saturated heterocycles. The first-order valence-corrected chi connectivity index (χ1v) is 11.3. The number of sulfonamides is 1. The number of nitrogens with zero attached hydrogens (tertiary/aromatic N) is 1. The maximum atomic E-state index is 13.2. The van der Waals surface area contributed by atoms with E-state index < -0.39 is 16.0 Å². The topological polar surface area (TPSA) is 122 Å². The molecule has 0 aromatic heterocycles. The number of amides is 1. The van der Waals surface area contributed by atoms with Gasteiger partial charge >= 0.3 is 5.97 Å². The van der Waals surface area contributed by atoms with Crippen molar-refractivity contribution in [1.82, 2.24) is 0 Å². The van der Waals surface area contributed by atoms with Crippen molar-refractivity contribution in [2.24, 2.45) is 0 Å². The molecule has 2 aromatic rings. The van der Waals surface area contributed by atoms with Crippen LogP contribution in [0.5, 0.6) is 11.5 Å². The minimum absolute atomic E-state index is 0.0107. The summed E-state index contributed by atoms with van der Waals surface area (Å²) in [5.74, 6) is -0.998. The first-order valence-electron chi connectivity index (χ1n) is 9.77. The van der Waals surface area contributed by atoms with Crippen molar-refractivity contribution in [2.75, 3.05) is 30.4 Å².